The van der Waals surface area contributed by atoms with Crippen molar-refractivity contribution in [2.24, 2.45) is 0 Å². The Morgan fingerprint density at radius 1 is 1.14 bits per heavy atom. The average molecular weight is 295 g/mol. The predicted octanol–water partition coefficient (Wildman–Crippen LogP) is 3.36. The Bertz CT molecular complexity index is 372. The number of halogens is 4. The van der Waals surface area contributed by atoms with E-state index in [1.165, 1.54) is 7.11 Å². The number of rotatable bonds is 2. The molecule has 14 heavy (non-hydrogen) atoms. The molecule has 1 heterocycles. The molecule has 3 nitrogen and oxygen atoms in total. The fourth-order valence-electron chi connectivity index (χ4n) is 0.698. The summed E-state index contributed by atoms with van der Waals surface area (Å²) in [7, 11) is 1.24. The summed E-state index contributed by atoms with van der Waals surface area (Å²) in [5, 5.41) is -0.189. The summed E-state index contributed by atoms with van der Waals surface area (Å²) in [6, 6.07) is 0. The van der Waals surface area contributed by atoms with Crippen LogP contribution in [0.15, 0.2) is 4.90 Å². The Labute approximate surface area is 103 Å². The minimum atomic E-state index is -1.81. The molecule has 0 saturated carbocycles. The Balaban J connectivity index is 3.47. The molecule has 0 N–H and O–H groups in total. The predicted molar refractivity (Wildman–Crippen MR) is 57.7 cm³/mol. The normalized spacial score (nSPS) is 12.9. The van der Waals surface area contributed by atoms with Crippen molar-refractivity contribution in [1.82, 2.24) is 4.98 Å². The van der Waals surface area contributed by atoms with Crippen molar-refractivity contribution in [3.05, 3.63) is 20.4 Å². The van der Waals surface area contributed by atoms with Crippen LogP contribution in [0.3, 0.4) is 0 Å². The van der Waals surface area contributed by atoms with E-state index in [0.717, 1.165) is 0 Å². The van der Waals surface area contributed by atoms with E-state index >= 15 is 0 Å². The lowest BCUT2D eigenvalue weighted by atomic mass is 10.5. The fourth-order valence-corrected chi connectivity index (χ4v) is 2.56. The van der Waals surface area contributed by atoms with Crippen molar-refractivity contribution < 1.29 is 8.39 Å². The van der Waals surface area contributed by atoms with Crippen LogP contribution in [0, 0.1) is 0 Å². The third kappa shape index (κ3) is 2.32. The highest BCUT2D eigenvalue weighted by Crippen LogP contribution is 2.36. The van der Waals surface area contributed by atoms with E-state index in [1.54, 1.807) is 0 Å². The number of aromatic nitrogens is 1. The largest absolute Gasteiger partial charge is 0.290 e. The standard InChI is InChI=1S/C6H3Cl4NO2S/c1-13-14(12)4-2(7)5(9)11-6(10)3(4)8/h1H3. The number of pyridine rings is 1. The molecule has 0 aromatic carbocycles. The highest BCUT2D eigenvalue weighted by atomic mass is 35.5. The second-order valence-corrected chi connectivity index (χ2v) is 4.73. The maximum absolute atomic E-state index is 11.3. The maximum atomic E-state index is 11.3. The zero-order valence-corrected chi connectivity index (χ0v) is 10.5. The van der Waals surface area contributed by atoms with Crippen molar-refractivity contribution in [1.29, 1.82) is 0 Å². The van der Waals surface area contributed by atoms with Gasteiger partial charge in [-0.05, 0) is 0 Å². The number of hydrogen-bond acceptors (Lipinski definition) is 3. The van der Waals surface area contributed by atoms with E-state index in [1.807, 2.05) is 0 Å². The van der Waals surface area contributed by atoms with Crippen LogP contribution in [-0.4, -0.2) is 16.3 Å². The number of hydrogen-bond donors (Lipinski definition) is 0. The Kier molecular flexibility index (Phi) is 4.43. The van der Waals surface area contributed by atoms with Crippen LogP contribution in [0.1, 0.15) is 0 Å². The van der Waals surface area contributed by atoms with Crippen LogP contribution >= 0.6 is 46.4 Å². The van der Waals surface area contributed by atoms with Crippen molar-refractivity contribution >= 4 is 57.5 Å². The zero-order valence-electron chi connectivity index (χ0n) is 6.68. The minimum Gasteiger partial charge on any atom is -0.290 e. The smallest absolute Gasteiger partial charge is 0.192 e. The van der Waals surface area contributed by atoms with Crippen LogP contribution in [0.4, 0.5) is 0 Å². The van der Waals surface area contributed by atoms with Crippen LogP contribution in [0.5, 0.6) is 0 Å². The van der Waals surface area contributed by atoms with Gasteiger partial charge in [0.25, 0.3) is 0 Å². The van der Waals surface area contributed by atoms with Crippen molar-refractivity contribution in [2.75, 3.05) is 7.11 Å². The SMILES string of the molecule is COS(=O)c1c(Cl)c(Cl)nc(Cl)c1Cl. The molecule has 0 spiro atoms. The molecule has 0 amide bonds. The second kappa shape index (κ2) is 4.96. The Morgan fingerprint density at radius 2 is 1.57 bits per heavy atom. The second-order valence-electron chi connectivity index (χ2n) is 2.05. The molecular weight excluding hydrogens is 292 g/mol. The summed E-state index contributed by atoms with van der Waals surface area (Å²) in [5.74, 6) is 0. The van der Waals surface area contributed by atoms with Gasteiger partial charge in [-0.3, -0.25) is 4.18 Å². The van der Waals surface area contributed by atoms with Crippen LogP contribution in [0.2, 0.25) is 20.4 Å². The molecule has 0 aliphatic heterocycles. The molecule has 1 atom stereocenters. The molecule has 78 valence electrons. The quantitative estimate of drug-likeness (QED) is 0.785. The van der Waals surface area contributed by atoms with Crippen LogP contribution < -0.4 is 0 Å². The van der Waals surface area contributed by atoms with Crippen molar-refractivity contribution in [3.8, 4) is 0 Å². The first-order valence-electron chi connectivity index (χ1n) is 3.15. The summed E-state index contributed by atoms with van der Waals surface area (Å²) < 4.78 is 15.9. The zero-order chi connectivity index (χ0) is 10.9. The summed E-state index contributed by atoms with van der Waals surface area (Å²) in [4.78, 5) is 3.66. The molecule has 1 aromatic heterocycles. The summed E-state index contributed by atoms with van der Waals surface area (Å²) in [6.07, 6.45) is 0. The highest BCUT2D eigenvalue weighted by Gasteiger charge is 2.20. The van der Waals surface area contributed by atoms with Gasteiger partial charge < -0.3 is 0 Å². The van der Waals surface area contributed by atoms with E-state index in [0.29, 0.717) is 0 Å². The summed E-state index contributed by atoms with van der Waals surface area (Å²) >= 11 is 20.9. The molecule has 0 aliphatic carbocycles. The molecule has 1 rings (SSSR count). The molecule has 1 unspecified atom stereocenters. The van der Waals surface area contributed by atoms with Gasteiger partial charge in [-0.25, -0.2) is 9.19 Å². The summed E-state index contributed by atoms with van der Waals surface area (Å²) in [5.41, 5.74) is 0. The Morgan fingerprint density at radius 3 is 1.93 bits per heavy atom. The van der Waals surface area contributed by atoms with Gasteiger partial charge in [0.2, 0.25) is 0 Å². The highest BCUT2D eigenvalue weighted by molar-refractivity contribution is 7.80. The lowest BCUT2D eigenvalue weighted by Crippen LogP contribution is -1.98. The molecule has 0 fully saturated rings. The van der Waals surface area contributed by atoms with E-state index in [-0.39, 0.29) is 25.2 Å². The summed E-state index contributed by atoms with van der Waals surface area (Å²) in [6.45, 7) is 0. The van der Waals surface area contributed by atoms with E-state index in [9.17, 15) is 4.21 Å². The topological polar surface area (TPSA) is 39.2 Å². The lowest BCUT2D eigenvalue weighted by Gasteiger charge is -2.06. The average Bonchev–Trinajstić information content (AvgIpc) is 2.15. The van der Waals surface area contributed by atoms with E-state index in [4.69, 9.17) is 46.4 Å². The molecule has 0 saturated heterocycles. The Hall–Kier alpha value is 0.420. The fraction of sp³-hybridized carbons (Fsp3) is 0.167. The first-order valence-corrected chi connectivity index (χ1v) is 5.74. The van der Waals surface area contributed by atoms with Crippen molar-refractivity contribution in [2.45, 2.75) is 4.90 Å². The molecule has 0 bridgehead atoms. The van der Waals surface area contributed by atoms with Gasteiger partial charge in [-0.15, -0.1) is 0 Å². The first kappa shape index (κ1) is 12.5. The molecule has 1 aromatic rings. The van der Waals surface area contributed by atoms with Gasteiger partial charge in [0.1, 0.15) is 4.90 Å². The van der Waals surface area contributed by atoms with Gasteiger partial charge in [-0.1, -0.05) is 46.4 Å². The minimum absolute atomic E-state index is 0.0266. The van der Waals surface area contributed by atoms with Gasteiger partial charge >= 0.3 is 0 Å². The van der Waals surface area contributed by atoms with Gasteiger partial charge in [-0.2, -0.15) is 0 Å². The third-order valence-electron chi connectivity index (χ3n) is 1.28. The van der Waals surface area contributed by atoms with Gasteiger partial charge in [0, 0.05) is 0 Å². The van der Waals surface area contributed by atoms with Crippen LogP contribution in [0.25, 0.3) is 0 Å². The molecular formula is C6H3Cl4NO2S. The van der Waals surface area contributed by atoms with Gasteiger partial charge in [0.05, 0.1) is 17.2 Å². The first-order chi connectivity index (χ1) is 6.49. The molecule has 0 radical (unpaired) electrons. The van der Waals surface area contributed by atoms with E-state index in [2.05, 4.69) is 9.17 Å². The monoisotopic (exact) mass is 293 g/mol. The third-order valence-corrected chi connectivity index (χ3v) is 4.02. The van der Waals surface area contributed by atoms with Crippen LogP contribution in [-0.2, 0) is 15.3 Å². The molecule has 8 heteroatoms. The lowest BCUT2D eigenvalue weighted by molar-refractivity contribution is 0.446. The van der Waals surface area contributed by atoms with E-state index < -0.39 is 11.1 Å². The molecule has 0 aliphatic rings. The van der Waals surface area contributed by atoms with Crippen molar-refractivity contribution in [3.63, 3.8) is 0 Å². The van der Waals surface area contributed by atoms with Gasteiger partial charge in [0.15, 0.2) is 21.4 Å². The number of nitrogens with zero attached hydrogens (tertiary/aromatic N) is 1. The maximum Gasteiger partial charge on any atom is 0.192 e.